The van der Waals surface area contributed by atoms with Gasteiger partial charge in [0.05, 0.1) is 6.04 Å². The molecule has 1 N–H and O–H groups in total. The van der Waals surface area contributed by atoms with Gasteiger partial charge < -0.3 is 14.3 Å². The Bertz CT molecular complexity index is 502. The molecular formula is C11H12ClN3O2. The number of rotatable bonds is 2. The maximum atomic E-state index is 5.70. The van der Waals surface area contributed by atoms with Crippen LogP contribution >= 0.6 is 11.6 Å². The van der Waals surface area contributed by atoms with E-state index < -0.39 is 0 Å². The van der Waals surface area contributed by atoms with Gasteiger partial charge in [-0.1, -0.05) is 11.6 Å². The molecule has 1 saturated heterocycles. The maximum Gasteiger partial charge on any atom is 0.293 e. The van der Waals surface area contributed by atoms with Gasteiger partial charge in [0.25, 0.3) is 5.89 Å². The molecule has 0 radical (unpaired) electrons. The molecule has 1 aliphatic rings. The van der Waals surface area contributed by atoms with E-state index in [0.717, 1.165) is 13.0 Å². The monoisotopic (exact) mass is 253 g/mol. The fourth-order valence-electron chi connectivity index (χ4n) is 1.98. The molecule has 2 aromatic rings. The number of hydrogen-bond acceptors (Lipinski definition) is 5. The summed E-state index contributed by atoms with van der Waals surface area (Å²) in [5.74, 6) is 1.57. The number of hydrogen-bond donors (Lipinski definition) is 1. The van der Waals surface area contributed by atoms with Crippen LogP contribution in [0.1, 0.15) is 31.1 Å². The Hall–Kier alpha value is -1.33. The lowest BCUT2D eigenvalue weighted by Crippen LogP contribution is -2.27. The Labute approximate surface area is 103 Å². The van der Waals surface area contributed by atoms with Gasteiger partial charge >= 0.3 is 0 Å². The number of nitrogens with one attached hydrogen (secondary N) is 1. The maximum absolute atomic E-state index is 5.70. The van der Waals surface area contributed by atoms with Crippen molar-refractivity contribution in [2.45, 2.75) is 25.3 Å². The summed E-state index contributed by atoms with van der Waals surface area (Å²) in [6, 6.07) is 3.56. The van der Waals surface area contributed by atoms with Crippen molar-refractivity contribution in [1.29, 1.82) is 0 Å². The molecule has 1 aliphatic heterocycles. The molecular weight excluding hydrogens is 242 g/mol. The van der Waals surface area contributed by atoms with Crippen molar-refractivity contribution in [3.63, 3.8) is 0 Å². The van der Waals surface area contributed by atoms with Crippen LogP contribution in [0.4, 0.5) is 0 Å². The molecule has 90 valence electrons. The minimum Gasteiger partial charge on any atom is -0.440 e. The van der Waals surface area contributed by atoms with Crippen molar-refractivity contribution in [2.24, 2.45) is 0 Å². The summed E-state index contributed by atoms with van der Waals surface area (Å²) in [5.41, 5.74) is 0. The van der Waals surface area contributed by atoms with E-state index in [1.807, 2.05) is 0 Å². The molecule has 3 rings (SSSR count). The van der Waals surface area contributed by atoms with E-state index in [9.17, 15) is 0 Å². The molecule has 1 fully saturated rings. The number of furan rings is 1. The lowest BCUT2D eigenvalue weighted by atomic mass is 10.0. The second-order valence-electron chi connectivity index (χ2n) is 4.06. The first kappa shape index (κ1) is 10.8. The van der Waals surface area contributed by atoms with Crippen LogP contribution in [-0.4, -0.2) is 16.7 Å². The first-order valence-corrected chi connectivity index (χ1v) is 6.03. The molecule has 0 spiro atoms. The highest BCUT2D eigenvalue weighted by Crippen LogP contribution is 2.26. The predicted molar refractivity (Wildman–Crippen MR) is 61.6 cm³/mol. The third kappa shape index (κ3) is 2.21. The minimum absolute atomic E-state index is 0.187. The smallest absolute Gasteiger partial charge is 0.293 e. The second-order valence-corrected chi connectivity index (χ2v) is 4.44. The molecule has 0 saturated carbocycles. The van der Waals surface area contributed by atoms with Gasteiger partial charge in [-0.05, 0) is 43.1 Å². The van der Waals surface area contributed by atoms with E-state index in [4.69, 9.17) is 20.5 Å². The molecule has 1 unspecified atom stereocenters. The van der Waals surface area contributed by atoms with Crippen molar-refractivity contribution in [3.05, 3.63) is 23.2 Å². The lowest BCUT2D eigenvalue weighted by Gasteiger charge is -2.19. The summed E-state index contributed by atoms with van der Waals surface area (Å²) in [6.07, 6.45) is 3.43. The molecule has 17 heavy (non-hydrogen) atoms. The standard InChI is InChI=1S/C11H12ClN3O2/c12-9-5-4-8(16-9)11-14-10(15-17-11)7-3-1-2-6-13-7/h4-5,7,13H,1-3,6H2. The summed E-state index contributed by atoms with van der Waals surface area (Å²) < 4.78 is 10.4. The van der Waals surface area contributed by atoms with Gasteiger partial charge in [0.15, 0.2) is 16.8 Å². The van der Waals surface area contributed by atoms with E-state index in [1.54, 1.807) is 12.1 Å². The van der Waals surface area contributed by atoms with Gasteiger partial charge in [0.2, 0.25) is 0 Å². The summed E-state index contributed by atoms with van der Waals surface area (Å²) in [4.78, 5) is 4.32. The zero-order valence-corrected chi connectivity index (χ0v) is 9.91. The molecule has 3 heterocycles. The summed E-state index contributed by atoms with van der Waals surface area (Å²) in [6.45, 7) is 1.00. The van der Waals surface area contributed by atoms with Crippen LogP contribution in [0.25, 0.3) is 11.7 Å². The van der Waals surface area contributed by atoms with Crippen LogP contribution in [-0.2, 0) is 0 Å². The van der Waals surface area contributed by atoms with E-state index in [0.29, 0.717) is 22.7 Å². The van der Waals surface area contributed by atoms with Gasteiger partial charge in [-0.15, -0.1) is 0 Å². The molecule has 0 aromatic carbocycles. The van der Waals surface area contributed by atoms with E-state index in [1.165, 1.54) is 12.8 Å². The Kier molecular flexibility index (Phi) is 2.86. The van der Waals surface area contributed by atoms with Crippen LogP contribution in [0.3, 0.4) is 0 Å². The summed E-state index contributed by atoms with van der Waals surface area (Å²) in [7, 11) is 0. The third-order valence-electron chi connectivity index (χ3n) is 2.85. The van der Waals surface area contributed by atoms with Gasteiger partial charge in [-0.25, -0.2) is 0 Å². The normalized spacial score (nSPS) is 20.6. The van der Waals surface area contributed by atoms with Crippen molar-refractivity contribution in [2.75, 3.05) is 6.54 Å². The Balaban J connectivity index is 1.82. The average molecular weight is 254 g/mol. The van der Waals surface area contributed by atoms with Gasteiger partial charge in [0.1, 0.15) is 0 Å². The highest BCUT2D eigenvalue weighted by atomic mass is 35.5. The number of piperidine rings is 1. The highest BCUT2D eigenvalue weighted by Gasteiger charge is 2.21. The van der Waals surface area contributed by atoms with Crippen LogP contribution in [0.2, 0.25) is 5.22 Å². The second kappa shape index (κ2) is 4.50. The van der Waals surface area contributed by atoms with Crippen LogP contribution < -0.4 is 5.32 Å². The first-order valence-electron chi connectivity index (χ1n) is 5.65. The first-order chi connectivity index (χ1) is 8.33. The van der Waals surface area contributed by atoms with Crippen LogP contribution in [0, 0.1) is 0 Å². The topological polar surface area (TPSA) is 64.1 Å². The summed E-state index contributed by atoms with van der Waals surface area (Å²) in [5, 5.41) is 7.65. The van der Waals surface area contributed by atoms with Crippen LogP contribution in [0.15, 0.2) is 21.1 Å². The van der Waals surface area contributed by atoms with Gasteiger partial charge in [-0.2, -0.15) is 4.98 Å². The number of nitrogens with zero attached hydrogens (tertiary/aromatic N) is 2. The minimum atomic E-state index is 0.187. The Morgan fingerprint density at radius 2 is 2.29 bits per heavy atom. The van der Waals surface area contributed by atoms with E-state index in [-0.39, 0.29) is 6.04 Å². The molecule has 6 heteroatoms. The SMILES string of the molecule is Clc1ccc(-c2nc(C3CCCCN3)no2)o1. The average Bonchev–Trinajstić information content (AvgIpc) is 2.98. The summed E-state index contributed by atoms with van der Waals surface area (Å²) >= 11 is 5.70. The highest BCUT2D eigenvalue weighted by molar-refractivity contribution is 6.28. The molecule has 2 aromatic heterocycles. The lowest BCUT2D eigenvalue weighted by molar-refractivity contribution is 0.364. The van der Waals surface area contributed by atoms with Gasteiger partial charge in [0, 0.05) is 0 Å². The fraction of sp³-hybridized carbons (Fsp3) is 0.455. The molecule has 5 nitrogen and oxygen atoms in total. The number of aromatic nitrogens is 2. The predicted octanol–water partition coefficient (Wildman–Crippen LogP) is 2.80. The van der Waals surface area contributed by atoms with Crippen molar-refractivity contribution in [3.8, 4) is 11.7 Å². The zero-order valence-electron chi connectivity index (χ0n) is 9.15. The molecule has 0 bridgehead atoms. The van der Waals surface area contributed by atoms with E-state index in [2.05, 4.69) is 15.5 Å². The fourth-order valence-corrected chi connectivity index (χ4v) is 2.12. The third-order valence-corrected chi connectivity index (χ3v) is 3.05. The van der Waals surface area contributed by atoms with E-state index >= 15 is 0 Å². The molecule has 0 aliphatic carbocycles. The Morgan fingerprint density at radius 1 is 1.35 bits per heavy atom. The van der Waals surface area contributed by atoms with Crippen LogP contribution in [0.5, 0.6) is 0 Å². The Morgan fingerprint density at radius 3 is 3.00 bits per heavy atom. The quantitative estimate of drug-likeness (QED) is 0.892. The molecule has 0 amide bonds. The zero-order chi connectivity index (χ0) is 11.7. The largest absolute Gasteiger partial charge is 0.440 e. The molecule has 1 atom stereocenters. The van der Waals surface area contributed by atoms with Gasteiger partial charge in [-0.3, -0.25) is 0 Å². The van der Waals surface area contributed by atoms with Crippen molar-refractivity contribution < 1.29 is 8.94 Å². The van der Waals surface area contributed by atoms with Crippen molar-refractivity contribution in [1.82, 2.24) is 15.5 Å². The van der Waals surface area contributed by atoms with Crippen molar-refractivity contribution >= 4 is 11.6 Å². The number of halogens is 1.